The molecular weight excluding hydrogens is 376 g/mol. The van der Waals surface area contributed by atoms with E-state index in [1.807, 2.05) is 6.92 Å². The number of rotatable bonds is 6. The predicted octanol–water partition coefficient (Wildman–Crippen LogP) is 2.21. The quantitative estimate of drug-likeness (QED) is 0.808. The highest BCUT2D eigenvalue weighted by Crippen LogP contribution is 2.33. The molecule has 0 aromatic heterocycles. The lowest BCUT2D eigenvalue weighted by Gasteiger charge is -2.17. The second-order valence-electron chi connectivity index (χ2n) is 5.94. The van der Waals surface area contributed by atoms with E-state index in [-0.39, 0.29) is 4.90 Å². The minimum atomic E-state index is -3.79. The van der Waals surface area contributed by atoms with Crippen molar-refractivity contribution >= 4 is 31.4 Å². The van der Waals surface area contributed by atoms with Gasteiger partial charge < -0.3 is 4.74 Å². The number of anilines is 2. The van der Waals surface area contributed by atoms with Gasteiger partial charge in [0.05, 0.1) is 29.1 Å². The number of fused-ring (bicyclic) bond motifs is 1. The summed E-state index contributed by atoms with van der Waals surface area (Å²) in [7, 11) is -7.19. The zero-order valence-electron chi connectivity index (χ0n) is 14.5. The molecule has 7 nitrogen and oxygen atoms in total. The molecule has 3 rings (SSSR count). The highest BCUT2D eigenvalue weighted by Gasteiger charge is 2.27. The molecule has 0 radical (unpaired) electrons. The fourth-order valence-electron chi connectivity index (χ4n) is 2.85. The monoisotopic (exact) mass is 396 g/mol. The Kier molecular flexibility index (Phi) is 4.85. The lowest BCUT2D eigenvalue weighted by molar-refractivity contribution is 0.340. The van der Waals surface area contributed by atoms with E-state index in [4.69, 9.17) is 4.74 Å². The molecule has 0 unspecified atom stereocenters. The Bertz CT molecular complexity index is 1020. The van der Waals surface area contributed by atoms with E-state index in [1.54, 1.807) is 30.3 Å². The molecule has 0 saturated heterocycles. The van der Waals surface area contributed by atoms with Crippen LogP contribution in [0.2, 0.25) is 0 Å². The molecule has 9 heteroatoms. The topological polar surface area (TPSA) is 92.8 Å². The summed E-state index contributed by atoms with van der Waals surface area (Å²) in [5.41, 5.74) is 1.70. The molecular formula is C17H20N2O5S2. The Hall–Kier alpha value is -2.26. The summed E-state index contributed by atoms with van der Waals surface area (Å²) in [6, 6.07) is 11.0. The van der Waals surface area contributed by atoms with Crippen molar-refractivity contribution in [2.24, 2.45) is 0 Å². The summed E-state index contributed by atoms with van der Waals surface area (Å²) in [4.78, 5) is 0.0985. The van der Waals surface area contributed by atoms with Gasteiger partial charge in [-0.15, -0.1) is 0 Å². The summed E-state index contributed by atoms with van der Waals surface area (Å²) < 4.78 is 58.0. The van der Waals surface area contributed by atoms with Crippen LogP contribution in [0, 0.1) is 0 Å². The summed E-state index contributed by atoms with van der Waals surface area (Å²) in [6.07, 6.45) is 1.74. The van der Waals surface area contributed by atoms with Crippen molar-refractivity contribution < 1.29 is 21.6 Å². The molecule has 0 aliphatic carbocycles. The molecule has 1 N–H and O–H groups in total. The molecule has 2 aromatic carbocycles. The zero-order valence-corrected chi connectivity index (χ0v) is 16.1. The van der Waals surface area contributed by atoms with E-state index in [0.717, 1.165) is 11.8 Å². The lowest BCUT2D eigenvalue weighted by atomic mass is 10.1. The van der Waals surface area contributed by atoms with E-state index in [1.165, 1.54) is 16.4 Å². The van der Waals surface area contributed by atoms with Gasteiger partial charge in [-0.1, -0.05) is 6.07 Å². The number of hydrogen-bond acceptors (Lipinski definition) is 5. The van der Waals surface area contributed by atoms with Crippen LogP contribution in [0.4, 0.5) is 11.4 Å². The van der Waals surface area contributed by atoms with Gasteiger partial charge in [-0.2, -0.15) is 0 Å². The Balaban J connectivity index is 1.87. The van der Waals surface area contributed by atoms with E-state index in [9.17, 15) is 16.8 Å². The first-order chi connectivity index (χ1) is 12.2. The first-order valence-electron chi connectivity index (χ1n) is 8.07. The Labute approximate surface area is 153 Å². The number of nitrogens with one attached hydrogen (secondary N) is 1. The number of nitrogens with zero attached hydrogens (tertiary/aromatic N) is 1. The van der Waals surface area contributed by atoms with Gasteiger partial charge in [-0.3, -0.25) is 9.03 Å². The zero-order chi connectivity index (χ0) is 18.9. The third-order valence-electron chi connectivity index (χ3n) is 4.04. The molecule has 0 amide bonds. The molecule has 0 saturated carbocycles. The van der Waals surface area contributed by atoms with Gasteiger partial charge in [0.2, 0.25) is 10.0 Å². The van der Waals surface area contributed by atoms with Gasteiger partial charge in [0.15, 0.2) is 0 Å². The van der Waals surface area contributed by atoms with Crippen molar-refractivity contribution in [2.75, 3.05) is 28.4 Å². The number of hydrogen-bond donors (Lipinski definition) is 1. The Morgan fingerprint density at radius 1 is 1.08 bits per heavy atom. The minimum absolute atomic E-state index is 0.0985. The number of benzene rings is 2. The maximum absolute atomic E-state index is 12.6. The fourth-order valence-corrected chi connectivity index (χ4v) is 4.85. The summed E-state index contributed by atoms with van der Waals surface area (Å²) >= 11 is 0. The molecule has 2 aromatic rings. The summed E-state index contributed by atoms with van der Waals surface area (Å²) in [6.45, 7) is 2.71. The van der Waals surface area contributed by atoms with Gasteiger partial charge in [0, 0.05) is 6.54 Å². The van der Waals surface area contributed by atoms with Crippen LogP contribution >= 0.6 is 0 Å². The van der Waals surface area contributed by atoms with Gasteiger partial charge in [0.1, 0.15) is 5.75 Å². The third-order valence-corrected chi connectivity index (χ3v) is 6.61. The van der Waals surface area contributed by atoms with Crippen LogP contribution in [-0.4, -0.2) is 36.2 Å². The Morgan fingerprint density at radius 3 is 2.38 bits per heavy atom. The van der Waals surface area contributed by atoms with Crippen molar-refractivity contribution in [2.45, 2.75) is 18.2 Å². The standard InChI is InChI=1S/C17H20N2O5S2/c1-3-24-15-6-8-16(9-7-15)26(22,23)18-14-5-4-13-10-11-19(17(13)12-14)25(2,20)21/h4-9,12,18H,3,10-11H2,1-2H3. The largest absolute Gasteiger partial charge is 0.494 e. The highest BCUT2D eigenvalue weighted by molar-refractivity contribution is 7.92. The minimum Gasteiger partial charge on any atom is -0.494 e. The van der Waals surface area contributed by atoms with E-state index >= 15 is 0 Å². The van der Waals surface area contributed by atoms with Crippen molar-refractivity contribution in [3.63, 3.8) is 0 Å². The van der Waals surface area contributed by atoms with Crippen LogP contribution in [0.1, 0.15) is 12.5 Å². The van der Waals surface area contributed by atoms with Crippen molar-refractivity contribution in [1.29, 1.82) is 0 Å². The van der Waals surface area contributed by atoms with Crippen molar-refractivity contribution in [1.82, 2.24) is 0 Å². The molecule has 0 bridgehead atoms. The molecule has 1 heterocycles. The maximum atomic E-state index is 12.6. The van der Waals surface area contributed by atoms with Crippen LogP contribution in [0.5, 0.6) is 5.75 Å². The van der Waals surface area contributed by atoms with E-state index in [2.05, 4.69) is 4.72 Å². The first kappa shape index (κ1) is 18.5. The van der Waals surface area contributed by atoms with Gasteiger partial charge >= 0.3 is 0 Å². The first-order valence-corrected chi connectivity index (χ1v) is 11.4. The summed E-state index contributed by atoms with van der Waals surface area (Å²) in [5.74, 6) is 0.591. The van der Waals surface area contributed by atoms with Gasteiger partial charge in [-0.25, -0.2) is 16.8 Å². The maximum Gasteiger partial charge on any atom is 0.261 e. The van der Waals surface area contributed by atoms with Crippen LogP contribution in [-0.2, 0) is 26.5 Å². The van der Waals surface area contributed by atoms with Crippen LogP contribution in [0.25, 0.3) is 0 Å². The second kappa shape index (κ2) is 6.81. The van der Waals surface area contributed by atoms with Crippen molar-refractivity contribution in [3.8, 4) is 5.75 Å². The van der Waals surface area contributed by atoms with E-state index in [0.29, 0.717) is 36.7 Å². The average molecular weight is 396 g/mol. The molecule has 140 valence electrons. The SMILES string of the molecule is CCOc1ccc(S(=O)(=O)Nc2ccc3c(c2)N(S(C)(=O)=O)CC3)cc1. The fraction of sp³-hybridized carbons (Fsp3) is 0.294. The summed E-state index contributed by atoms with van der Waals surface area (Å²) in [5, 5.41) is 0. The predicted molar refractivity (Wildman–Crippen MR) is 101 cm³/mol. The van der Waals surface area contributed by atoms with Crippen LogP contribution in [0.15, 0.2) is 47.4 Å². The molecule has 1 aliphatic rings. The van der Waals surface area contributed by atoms with Crippen LogP contribution < -0.4 is 13.8 Å². The molecule has 26 heavy (non-hydrogen) atoms. The smallest absolute Gasteiger partial charge is 0.261 e. The molecule has 0 spiro atoms. The highest BCUT2D eigenvalue weighted by atomic mass is 32.2. The molecule has 0 atom stereocenters. The van der Waals surface area contributed by atoms with Crippen LogP contribution in [0.3, 0.4) is 0 Å². The van der Waals surface area contributed by atoms with Gasteiger partial charge in [-0.05, 0) is 55.3 Å². The second-order valence-corrected chi connectivity index (χ2v) is 9.53. The Morgan fingerprint density at radius 2 is 1.77 bits per heavy atom. The third kappa shape index (κ3) is 3.78. The normalized spacial score (nSPS) is 14.2. The molecule has 0 fully saturated rings. The lowest BCUT2D eigenvalue weighted by Crippen LogP contribution is -2.27. The van der Waals surface area contributed by atoms with Gasteiger partial charge in [0.25, 0.3) is 10.0 Å². The number of ether oxygens (including phenoxy) is 1. The molecule has 1 aliphatic heterocycles. The van der Waals surface area contributed by atoms with E-state index < -0.39 is 20.0 Å². The number of sulfonamides is 2. The van der Waals surface area contributed by atoms with Crippen molar-refractivity contribution in [3.05, 3.63) is 48.0 Å². The average Bonchev–Trinajstić information content (AvgIpc) is 2.98.